The minimum atomic E-state index is -0.442. The largest absolute Gasteiger partial charge is 0.494 e. The van der Waals surface area contributed by atoms with Gasteiger partial charge in [0.2, 0.25) is 0 Å². The first kappa shape index (κ1) is 18.4. The minimum Gasteiger partial charge on any atom is -0.494 e. The highest BCUT2D eigenvalue weighted by Crippen LogP contribution is 2.23. The Morgan fingerprint density at radius 3 is 2.50 bits per heavy atom. The van der Waals surface area contributed by atoms with E-state index in [9.17, 15) is 4.79 Å². The summed E-state index contributed by atoms with van der Waals surface area (Å²) in [5.41, 5.74) is 2.71. The lowest BCUT2D eigenvalue weighted by Crippen LogP contribution is -2.07. The standard InChI is InChI=1S/C21H20BrNO3/c1-2-3-4-13-25-18-11-7-16(8-12-18)20-19(21(24)26-23-20)14-15-5-9-17(22)10-6-15/h5-12,14H,2-4,13H2,1H3. The van der Waals surface area contributed by atoms with E-state index in [1.165, 1.54) is 12.8 Å². The molecular formula is C21H20BrNO3. The molecule has 0 N–H and O–H groups in total. The maximum Gasteiger partial charge on any atom is 0.368 e. The van der Waals surface area contributed by atoms with Crippen LogP contribution in [-0.2, 0) is 9.63 Å². The Bertz CT molecular complexity index is 823. The Kier molecular flexibility index (Phi) is 6.23. The third-order valence-electron chi connectivity index (χ3n) is 4.02. The molecule has 2 aromatic rings. The van der Waals surface area contributed by atoms with E-state index in [1.807, 2.05) is 48.5 Å². The summed E-state index contributed by atoms with van der Waals surface area (Å²) in [6.45, 7) is 2.88. The van der Waals surface area contributed by atoms with Gasteiger partial charge in [0.1, 0.15) is 11.5 Å². The van der Waals surface area contributed by atoms with Gasteiger partial charge in [-0.05, 0) is 54.5 Å². The summed E-state index contributed by atoms with van der Waals surface area (Å²) in [5, 5.41) is 3.95. The SMILES string of the molecule is CCCCCOc1ccc(C2=NOC(=O)C2=Cc2ccc(Br)cc2)cc1. The van der Waals surface area contributed by atoms with Crippen LogP contribution in [0.4, 0.5) is 0 Å². The van der Waals surface area contributed by atoms with Gasteiger partial charge in [-0.15, -0.1) is 0 Å². The molecule has 0 saturated carbocycles. The quantitative estimate of drug-likeness (QED) is 0.348. The van der Waals surface area contributed by atoms with Crippen molar-refractivity contribution in [3.05, 3.63) is 69.7 Å². The summed E-state index contributed by atoms with van der Waals surface area (Å²) in [5.74, 6) is 0.372. The predicted molar refractivity (Wildman–Crippen MR) is 106 cm³/mol. The molecule has 134 valence electrons. The highest BCUT2D eigenvalue weighted by atomic mass is 79.9. The van der Waals surface area contributed by atoms with E-state index in [4.69, 9.17) is 9.57 Å². The molecule has 1 aliphatic heterocycles. The smallest absolute Gasteiger partial charge is 0.368 e. The lowest BCUT2D eigenvalue weighted by Gasteiger charge is -2.07. The van der Waals surface area contributed by atoms with Crippen molar-refractivity contribution in [2.45, 2.75) is 26.2 Å². The number of halogens is 1. The topological polar surface area (TPSA) is 47.9 Å². The van der Waals surface area contributed by atoms with Crippen LogP contribution in [0.15, 0.2) is 63.7 Å². The first-order valence-corrected chi connectivity index (χ1v) is 9.47. The maximum absolute atomic E-state index is 12.1. The van der Waals surface area contributed by atoms with Gasteiger partial charge in [0.05, 0.1) is 12.2 Å². The van der Waals surface area contributed by atoms with Crippen molar-refractivity contribution < 1.29 is 14.4 Å². The van der Waals surface area contributed by atoms with Gasteiger partial charge in [0.15, 0.2) is 0 Å². The first-order chi connectivity index (χ1) is 12.7. The van der Waals surface area contributed by atoms with E-state index < -0.39 is 5.97 Å². The number of benzene rings is 2. The summed E-state index contributed by atoms with van der Waals surface area (Å²) >= 11 is 3.40. The highest BCUT2D eigenvalue weighted by Gasteiger charge is 2.26. The monoisotopic (exact) mass is 413 g/mol. The van der Waals surface area contributed by atoms with Gasteiger partial charge >= 0.3 is 5.97 Å². The molecule has 3 rings (SSSR count). The molecule has 0 bridgehead atoms. The molecule has 26 heavy (non-hydrogen) atoms. The molecule has 0 unspecified atom stereocenters. The third-order valence-corrected chi connectivity index (χ3v) is 4.55. The van der Waals surface area contributed by atoms with Crippen LogP contribution in [-0.4, -0.2) is 18.3 Å². The first-order valence-electron chi connectivity index (χ1n) is 8.67. The van der Waals surface area contributed by atoms with E-state index >= 15 is 0 Å². The number of carbonyl (C=O) groups is 1. The van der Waals surface area contributed by atoms with Crippen LogP contribution >= 0.6 is 15.9 Å². The second-order valence-electron chi connectivity index (χ2n) is 6.01. The van der Waals surface area contributed by atoms with Gasteiger partial charge in [0, 0.05) is 10.0 Å². The van der Waals surface area contributed by atoms with Crippen LogP contribution in [0.5, 0.6) is 5.75 Å². The van der Waals surface area contributed by atoms with Crippen LogP contribution in [0.25, 0.3) is 6.08 Å². The molecule has 1 aliphatic rings. The van der Waals surface area contributed by atoms with Crippen LogP contribution in [0, 0.1) is 0 Å². The molecule has 1 heterocycles. The number of oxime groups is 1. The predicted octanol–water partition coefficient (Wildman–Crippen LogP) is 5.36. The summed E-state index contributed by atoms with van der Waals surface area (Å²) in [6, 6.07) is 15.3. The van der Waals surface area contributed by atoms with E-state index in [0.29, 0.717) is 17.9 Å². The minimum absolute atomic E-state index is 0.442. The zero-order valence-corrected chi connectivity index (χ0v) is 16.2. The van der Waals surface area contributed by atoms with Crippen molar-refractivity contribution in [1.82, 2.24) is 0 Å². The number of carbonyl (C=O) groups excluding carboxylic acids is 1. The second-order valence-corrected chi connectivity index (χ2v) is 6.92. The molecule has 0 aliphatic carbocycles. The summed E-state index contributed by atoms with van der Waals surface area (Å²) < 4.78 is 6.71. The Labute approximate surface area is 161 Å². The summed E-state index contributed by atoms with van der Waals surface area (Å²) in [6.07, 6.45) is 5.17. The van der Waals surface area contributed by atoms with Crippen LogP contribution in [0.1, 0.15) is 37.3 Å². The van der Waals surface area contributed by atoms with Gasteiger partial charge in [-0.1, -0.05) is 53.0 Å². The Morgan fingerprint density at radius 2 is 1.81 bits per heavy atom. The fourth-order valence-corrected chi connectivity index (χ4v) is 2.86. The Hall–Kier alpha value is -2.40. The van der Waals surface area contributed by atoms with Gasteiger partial charge in [-0.2, -0.15) is 0 Å². The van der Waals surface area contributed by atoms with Gasteiger partial charge in [0.25, 0.3) is 0 Å². The van der Waals surface area contributed by atoms with E-state index in [0.717, 1.165) is 27.8 Å². The molecule has 5 heteroatoms. The number of hydrogen-bond acceptors (Lipinski definition) is 4. The molecule has 2 aromatic carbocycles. The highest BCUT2D eigenvalue weighted by molar-refractivity contribution is 9.10. The Morgan fingerprint density at radius 1 is 1.08 bits per heavy atom. The normalized spacial score (nSPS) is 15.1. The van der Waals surface area contributed by atoms with Crippen LogP contribution < -0.4 is 4.74 Å². The van der Waals surface area contributed by atoms with E-state index in [-0.39, 0.29) is 0 Å². The average Bonchev–Trinajstić information content (AvgIpc) is 3.02. The Balaban J connectivity index is 1.75. The zero-order chi connectivity index (χ0) is 18.4. The van der Waals surface area contributed by atoms with Crippen molar-refractivity contribution in [2.75, 3.05) is 6.61 Å². The molecule has 0 aromatic heterocycles. The fraction of sp³-hybridized carbons (Fsp3) is 0.238. The number of rotatable bonds is 7. The summed E-state index contributed by atoms with van der Waals surface area (Å²) in [7, 11) is 0. The van der Waals surface area contributed by atoms with Gasteiger partial charge < -0.3 is 9.57 Å². The molecule has 0 fully saturated rings. The lowest BCUT2D eigenvalue weighted by molar-refractivity contribution is -0.136. The van der Waals surface area contributed by atoms with Crippen LogP contribution in [0.3, 0.4) is 0 Å². The van der Waals surface area contributed by atoms with Crippen molar-refractivity contribution in [3.8, 4) is 5.75 Å². The van der Waals surface area contributed by atoms with Crippen LogP contribution in [0.2, 0.25) is 0 Å². The number of nitrogens with zero attached hydrogens (tertiary/aromatic N) is 1. The number of unbranched alkanes of at least 4 members (excludes halogenated alkanes) is 2. The van der Waals surface area contributed by atoms with Gasteiger partial charge in [-0.3, -0.25) is 0 Å². The van der Waals surface area contributed by atoms with Gasteiger partial charge in [-0.25, -0.2) is 4.79 Å². The lowest BCUT2D eigenvalue weighted by atomic mass is 10.0. The maximum atomic E-state index is 12.1. The molecule has 0 amide bonds. The molecule has 0 atom stereocenters. The third kappa shape index (κ3) is 4.61. The molecule has 0 radical (unpaired) electrons. The summed E-state index contributed by atoms with van der Waals surface area (Å²) in [4.78, 5) is 17.0. The fourth-order valence-electron chi connectivity index (χ4n) is 2.59. The van der Waals surface area contributed by atoms with E-state index in [1.54, 1.807) is 6.08 Å². The molecular weight excluding hydrogens is 394 g/mol. The van der Waals surface area contributed by atoms with E-state index in [2.05, 4.69) is 28.0 Å². The zero-order valence-electron chi connectivity index (χ0n) is 14.6. The van der Waals surface area contributed by atoms with Crippen molar-refractivity contribution in [2.24, 2.45) is 5.16 Å². The molecule has 0 spiro atoms. The average molecular weight is 414 g/mol. The van der Waals surface area contributed by atoms with Crippen molar-refractivity contribution in [3.63, 3.8) is 0 Å². The van der Waals surface area contributed by atoms with Crippen molar-refractivity contribution in [1.29, 1.82) is 0 Å². The number of hydrogen-bond donors (Lipinski definition) is 0. The van der Waals surface area contributed by atoms with Crippen molar-refractivity contribution >= 4 is 33.7 Å². The number of ether oxygens (including phenoxy) is 1. The molecule has 0 saturated heterocycles. The second kappa shape index (κ2) is 8.81. The molecule has 4 nitrogen and oxygen atoms in total.